The number of benzene rings is 1. The highest BCUT2D eigenvalue weighted by molar-refractivity contribution is 5.86. The molecule has 2 heterocycles. The van der Waals surface area contributed by atoms with Crippen molar-refractivity contribution in [2.45, 2.75) is 13.0 Å². The summed E-state index contributed by atoms with van der Waals surface area (Å²) in [6, 6.07) is 8.84. The Morgan fingerprint density at radius 2 is 2.05 bits per heavy atom. The quantitative estimate of drug-likeness (QED) is 0.873. The van der Waals surface area contributed by atoms with Crippen LogP contribution in [-0.4, -0.2) is 19.9 Å². The van der Waals surface area contributed by atoms with Crippen LogP contribution >= 0.6 is 0 Å². The van der Waals surface area contributed by atoms with Gasteiger partial charge in [-0.1, -0.05) is 0 Å². The Hall–Kier alpha value is -2.63. The molecule has 110 valence electrons. The van der Waals surface area contributed by atoms with Gasteiger partial charge in [-0.15, -0.1) is 0 Å². The lowest BCUT2D eigenvalue weighted by molar-refractivity contribution is 0.0562. The molecule has 1 aromatic heterocycles. The fraction of sp³-hybridized carbons (Fsp3) is 0.267. The van der Waals surface area contributed by atoms with Crippen molar-refractivity contribution in [1.82, 2.24) is 0 Å². The molecule has 2 aromatic rings. The van der Waals surface area contributed by atoms with Gasteiger partial charge in [0.2, 0.25) is 12.6 Å². The van der Waals surface area contributed by atoms with Gasteiger partial charge in [0.05, 0.1) is 13.2 Å². The predicted octanol–water partition coefficient (Wildman–Crippen LogP) is 2.97. The minimum Gasteiger partial charge on any atom is -0.463 e. The second kappa shape index (κ2) is 5.40. The molecule has 0 bridgehead atoms. The van der Waals surface area contributed by atoms with Gasteiger partial charge in [-0.25, -0.2) is 4.79 Å². The van der Waals surface area contributed by atoms with Crippen molar-refractivity contribution < 1.29 is 23.4 Å². The first-order valence-corrected chi connectivity index (χ1v) is 6.51. The van der Waals surface area contributed by atoms with E-state index in [9.17, 15) is 4.79 Å². The van der Waals surface area contributed by atoms with Gasteiger partial charge in [-0.2, -0.15) is 0 Å². The maximum absolute atomic E-state index is 11.4. The molecule has 1 aromatic carbocycles. The number of hydrogen-bond acceptors (Lipinski definition) is 6. The molecule has 0 saturated heterocycles. The van der Waals surface area contributed by atoms with Gasteiger partial charge in [-0.3, -0.25) is 0 Å². The molecule has 3 rings (SSSR count). The van der Waals surface area contributed by atoms with Crippen LogP contribution in [0.4, 0.5) is 5.69 Å². The number of anilines is 1. The highest BCUT2D eigenvalue weighted by Crippen LogP contribution is 2.35. The summed E-state index contributed by atoms with van der Waals surface area (Å²) in [5, 5.41) is 3.28. The zero-order valence-corrected chi connectivity index (χ0v) is 11.7. The van der Waals surface area contributed by atoms with Crippen LogP contribution in [0.25, 0.3) is 0 Å². The van der Waals surface area contributed by atoms with Crippen molar-refractivity contribution in [3.8, 4) is 11.5 Å². The molecule has 1 aliphatic rings. The van der Waals surface area contributed by atoms with E-state index in [2.05, 4.69) is 10.1 Å². The number of methoxy groups -OCH3 is 1. The molecular formula is C15H15NO5. The SMILES string of the molecule is COC(=O)c1ccc(C(C)Nc2ccc3c(c2)OCO3)o1. The molecule has 6 nitrogen and oxygen atoms in total. The Bertz CT molecular complexity index is 664. The predicted molar refractivity (Wildman–Crippen MR) is 74.7 cm³/mol. The molecule has 1 N–H and O–H groups in total. The van der Waals surface area contributed by atoms with E-state index in [1.165, 1.54) is 7.11 Å². The van der Waals surface area contributed by atoms with E-state index in [1.807, 2.05) is 25.1 Å². The highest BCUT2D eigenvalue weighted by Gasteiger charge is 2.17. The van der Waals surface area contributed by atoms with Gasteiger partial charge in [0.25, 0.3) is 0 Å². The fourth-order valence-electron chi connectivity index (χ4n) is 2.10. The van der Waals surface area contributed by atoms with E-state index in [4.69, 9.17) is 13.9 Å². The van der Waals surface area contributed by atoms with Crippen LogP contribution < -0.4 is 14.8 Å². The summed E-state index contributed by atoms with van der Waals surface area (Å²) in [5.74, 6) is 1.79. The van der Waals surface area contributed by atoms with Crippen LogP contribution in [0.2, 0.25) is 0 Å². The molecular weight excluding hydrogens is 274 g/mol. The molecule has 21 heavy (non-hydrogen) atoms. The first kappa shape index (κ1) is 13.4. The molecule has 0 amide bonds. The molecule has 0 aliphatic carbocycles. The van der Waals surface area contributed by atoms with Crippen LogP contribution in [0.5, 0.6) is 11.5 Å². The molecule has 0 radical (unpaired) electrons. The van der Waals surface area contributed by atoms with E-state index >= 15 is 0 Å². The van der Waals surface area contributed by atoms with E-state index in [0.717, 1.165) is 11.4 Å². The monoisotopic (exact) mass is 289 g/mol. The minimum absolute atomic E-state index is 0.108. The van der Waals surface area contributed by atoms with E-state index in [1.54, 1.807) is 12.1 Å². The van der Waals surface area contributed by atoms with Gasteiger partial charge in [0, 0.05) is 11.8 Å². The average molecular weight is 289 g/mol. The van der Waals surface area contributed by atoms with Crippen molar-refractivity contribution in [3.63, 3.8) is 0 Å². The van der Waals surface area contributed by atoms with E-state index < -0.39 is 5.97 Å². The van der Waals surface area contributed by atoms with Gasteiger partial charge in [0.1, 0.15) is 5.76 Å². The highest BCUT2D eigenvalue weighted by atomic mass is 16.7. The van der Waals surface area contributed by atoms with Gasteiger partial charge in [0.15, 0.2) is 11.5 Å². The summed E-state index contributed by atoms with van der Waals surface area (Å²) in [6.07, 6.45) is 0. The Kier molecular flexibility index (Phi) is 3.43. The van der Waals surface area contributed by atoms with Crippen molar-refractivity contribution in [2.24, 2.45) is 0 Å². The lowest BCUT2D eigenvalue weighted by Crippen LogP contribution is -2.05. The van der Waals surface area contributed by atoms with E-state index in [-0.39, 0.29) is 18.6 Å². The number of nitrogens with one attached hydrogen (secondary N) is 1. The van der Waals surface area contributed by atoms with Crippen molar-refractivity contribution in [2.75, 3.05) is 19.2 Å². The number of ether oxygens (including phenoxy) is 3. The third-order valence-electron chi connectivity index (χ3n) is 3.20. The van der Waals surface area contributed by atoms with Gasteiger partial charge < -0.3 is 23.9 Å². The molecule has 0 saturated carbocycles. The standard InChI is InChI=1S/C15H15NO5/c1-9(11-5-6-13(21-11)15(17)18-2)16-10-3-4-12-14(7-10)20-8-19-12/h3-7,9,16H,8H2,1-2H3. The lowest BCUT2D eigenvalue weighted by Gasteiger charge is -2.13. The molecule has 1 aliphatic heterocycles. The minimum atomic E-state index is -0.489. The van der Waals surface area contributed by atoms with Crippen LogP contribution in [0.3, 0.4) is 0 Å². The van der Waals surface area contributed by atoms with Crippen LogP contribution in [-0.2, 0) is 4.74 Å². The number of carbonyl (C=O) groups excluding carboxylic acids is 1. The average Bonchev–Trinajstić information content (AvgIpc) is 3.14. The van der Waals surface area contributed by atoms with Crippen LogP contribution in [0.1, 0.15) is 29.3 Å². The summed E-state index contributed by atoms with van der Waals surface area (Å²) < 4.78 is 20.7. The molecule has 0 fully saturated rings. The summed E-state index contributed by atoms with van der Waals surface area (Å²) in [5.41, 5.74) is 0.878. The molecule has 1 unspecified atom stereocenters. The zero-order chi connectivity index (χ0) is 14.8. The number of furan rings is 1. The summed E-state index contributed by atoms with van der Waals surface area (Å²) >= 11 is 0. The molecule has 0 spiro atoms. The Labute approximate surface area is 121 Å². The Morgan fingerprint density at radius 1 is 1.24 bits per heavy atom. The fourth-order valence-corrected chi connectivity index (χ4v) is 2.10. The smallest absolute Gasteiger partial charge is 0.373 e. The summed E-state index contributed by atoms with van der Waals surface area (Å²) in [6.45, 7) is 2.18. The number of hydrogen-bond donors (Lipinski definition) is 1. The number of fused-ring (bicyclic) bond motifs is 1. The van der Waals surface area contributed by atoms with Crippen molar-refractivity contribution in [1.29, 1.82) is 0 Å². The van der Waals surface area contributed by atoms with Crippen molar-refractivity contribution in [3.05, 3.63) is 41.9 Å². The second-order valence-electron chi connectivity index (χ2n) is 4.63. The number of rotatable bonds is 4. The van der Waals surface area contributed by atoms with E-state index in [0.29, 0.717) is 11.5 Å². The number of esters is 1. The zero-order valence-electron chi connectivity index (χ0n) is 11.7. The maximum atomic E-state index is 11.4. The van der Waals surface area contributed by atoms with Crippen molar-refractivity contribution >= 4 is 11.7 Å². The normalized spacial score (nSPS) is 13.8. The third kappa shape index (κ3) is 2.65. The third-order valence-corrected chi connectivity index (χ3v) is 3.20. The Balaban J connectivity index is 1.72. The largest absolute Gasteiger partial charge is 0.463 e. The second-order valence-corrected chi connectivity index (χ2v) is 4.63. The summed E-state index contributed by atoms with van der Waals surface area (Å²) in [7, 11) is 1.32. The summed E-state index contributed by atoms with van der Waals surface area (Å²) in [4.78, 5) is 11.4. The molecule has 6 heteroatoms. The first-order chi connectivity index (χ1) is 10.2. The lowest BCUT2D eigenvalue weighted by atomic mass is 10.2. The maximum Gasteiger partial charge on any atom is 0.373 e. The van der Waals surface area contributed by atoms with Gasteiger partial charge in [-0.05, 0) is 31.2 Å². The number of carbonyl (C=O) groups is 1. The van der Waals surface area contributed by atoms with Crippen LogP contribution in [0, 0.1) is 0 Å². The Morgan fingerprint density at radius 3 is 2.86 bits per heavy atom. The first-order valence-electron chi connectivity index (χ1n) is 6.51. The van der Waals surface area contributed by atoms with Gasteiger partial charge >= 0.3 is 5.97 Å². The van der Waals surface area contributed by atoms with Crippen LogP contribution in [0.15, 0.2) is 34.7 Å². The topological polar surface area (TPSA) is 69.9 Å². The molecule has 1 atom stereocenters.